The normalized spacial score (nSPS) is 23.9. The maximum absolute atomic E-state index is 10.1. The predicted molar refractivity (Wildman–Crippen MR) is 105 cm³/mol. The molecule has 3 atom stereocenters. The van der Waals surface area contributed by atoms with Crippen molar-refractivity contribution >= 4 is 0 Å². The molecule has 27 heavy (non-hydrogen) atoms. The largest absolute Gasteiger partial charge is 0.493 e. The van der Waals surface area contributed by atoms with Crippen LogP contribution in [0.1, 0.15) is 26.7 Å². The molecule has 0 heterocycles. The highest BCUT2D eigenvalue weighted by Gasteiger charge is 2.50. The van der Waals surface area contributed by atoms with E-state index in [-0.39, 0.29) is 0 Å². The summed E-state index contributed by atoms with van der Waals surface area (Å²) in [5.41, 5.74) is 1.87. The second kappa shape index (κ2) is 9.09. The minimum atomic E-state index is -0.456. The van der Waals surface area contributed by atoms with Gasteiger partial charge in [0.25, 0.3) is 0 Å². The molecule has 0 amide bonds. The molecule has 3 aliphatic carbocycles. The van der Waals surface area contributed by atoms with E-state index in [1.807, 2.05) is 24.3 Å². The Morgan fingerprint density at radius 3 is 2.74 bits per heavy atom. The number of fused-ring (bicyclic) bond motifs is 1. The predicted octanol–water partition coefficient (Wildman–Crippen LogP) is 2.01. The van der Waals surface area contributed by atoms with E-state index in [4.69, 9.17) is 14.2 Å². The summed E-state index contributed by atoms with van der Waals surface area (Å²) in [5.74, 6) is 3.01. The lowest BCUT2D eigenvalue weighted by molar-refractivity contribution is -0.661. The first-order chi connectivity index (χ1) is 13.0. The first kappa shape index (κ1) is 20.2. The lowest BCUT2D eigenvalue weighted by Gasteiger charge is -2.56. The van der Waals surface area contributed by atoms with E-state index >= 15 is 0 Å². The second-order valence-electron chi connectivity index (χ2n) is 8.30. The molecular formula is C22H34NO4+. The minimum absolute atomic E-state index is 0.387. The van der Waals surface area contributed by atoms with Crippen molar-refractivity contribution in [3.8, 4) is 11.5 Å². The number of rotatable bonds is 11. The molecule has 0 aromatic heterocycles. The highest BCUT2D eigenvalue weighted by molar-refractivity contribution is 5.39. The second-order valence-corrected chi connectivity index (χ2v) is 8.30. The van der Waals surface area contributed by atoms with Gasteiger partial charge in [-0.2, -0.15) is 0 Å². The van der Waals surface area contributed by atoms with E-state index in [1.54, 1.807) is 7.11 Å². The Morgan fingerprint density at radius 1 is 1.26 bits per heavy atom. The van der Waals surface area contributed by atoms with Gasteiger partial charge in [0.1, 0.15) is 25.8 Å². The molecule has 3 N–H and O–H groups in total. The zero-order valence-electron chi connectivity index (χ0n) is 16.8. The smallest absolute Gasteiger partial charge is 0.161 e. The Morgan fingerprint density at radius 2 is 2.04 bits per heavy atom. The lowest BCUT2D eigenvalue weighted by atomic mass is 9.49. The Balaban J connectivity index is 1.26. The first-order valence-electron chi connectivity index (χ1n) is 10.0. The fraction of sp³-hybridized carbons (Fsp3) is 0.636. The van der Waals surface area contributed by atoms with Gasteiger partial charge in [0, 0.05) is 0 Å². The molecule has 2 bridgehead atoms. The Bertz CT molecular complexity index is 643. The summed E-state index contributed by atoms with van der Waals surface area (Å²) in [5, 5.41) is 12.2. The van der Waals surface area contributed by atoms with E-state index in [0.29, 0.717) is 37.7 Å². The maximum atomic E-state index is 10.1. The zero-order chi connectivity index (χ0) is 19.3. The molecule has 0 aliphatic heterocycles. The van der Waals surface area contributed by atoms with Crippen molar-refractivity contribution in [1.29, 1.82) is 0 Å². The van der Waals surface area contributed by atoms with E-state index in [9.17, 15) is 5.11 Å². The van der Waals surface area contributed by atoms with Crippen LogP contribution < -0.4 is 14.8 Å². The fourth-order valence-electron chi connectivity index (χ4n) is 4.32. The van der Waals surface area contributed by atoms with Crippen LogP contribution in [0, 0.1) is 17.3 Å². The van der Waals surface area contributed by atoms with Gasteiger partial charge in [-0.1, -0.05) is 32.1 Å². The van der Waals surface area contributed by atoms with Gasteiger partial charge in [0.05, 0.1) is 20.3 Å². The number of benzene rings is 1. The van der Waals surface area contributed by atoms with Gasteiger partial charge in [0.15, 0.2) is 11.5 Å². The average Bonchev–Trinajstić information content (AvgIpc) is 2.68. The number of aliphatic hydroxyl groups is 1. The van der Waals surface area contributed by atoms with Crippen LogP contribution in [0.25, 0.3) is 0 Å². The van der Waals surface area contributed by atoms with Crippen molar-refractivity contribution in [2.75, 3.05) is 40.0 Å². The summed E-state index contributed by atoms with van der Waals surface area (Å²) >= 11 is 0. The van der Waals surface area contributed by atoms with E-state index < -0.39 is 6.10 Å². The standard InChI is InChI=1S/C22H33NO4/c1-22(2)17-9-8-16(19(22)12-17)14-26-15-18(24)13-23-10-11-27-21-7-5-4-6-20(21)25-3/h4-8,17-19,23-24H,9-15H2,1-3H3/p+1/t17-,18-,19-/m1/s1. The molecule has 5 nitrogen and oxygen atoms in total. The molecule has 1 fully saturated rings. The van der Waals surface area contributed by atoms with Crippen LogP contribution >= 0.6 is 0 Å². The third-order valence-electron chi connectivity index (χ3n) is 6.25. The van der Waals surface area contributed by atoms with Crippen LogP contribution in [-0.2, 0) is 4.74 Å². The molecule has 0 radical (unpaired) electrons. The van der Waals surface area contributed by atoms with Crippen LogP contribution in [0.3, 0.4) is 0 Å². The Kier molecular flexibility index (Phi) is 6.79. The van der Waals surface area contributed by atoms with Crippen LogP contribution in [0.4, 0.5) is 0 Å². The molecule has 0 unspecified atom stereocenters. The average molecular weight is 377 g/mol. The highest BCUT2D eigenvalue weighted by atomic mass is 16.5. The lowest BCUT2D eigenvalue weighted by Crippen LogP contribution is -2.87. The maximum Gasteiger partial charge on any atom is 0.161 e. The number of allylic oxidation sites excluding steroid dienone is 1. The Labute approximate surface area is 162 Å². The zero-order valence-corrected chi connectivity index (χ0v) is 16.8. The van der Waals surface area contributed by atoms with Crippen LogP contribution in [0.15, 0.2) is 35.9 Å². The topological polar surface area (TPSA) is 64.5 Å². The number of hydrogen-bond donors (Lipinski definition) is 2. The van der Waals surface area contributed by atoms with Crippen LogP contribution in [0.2, 0.25) is 0 Å². The quantitative estimate of drug-likeness (QED) is 0.458. The van der Waals surface area contributed by atoms with Gasteiger partial charge in [-0.15, -0.1) is 0 Å². The van der Waals surface area contributed by atoms with E-state index in [1.165, 1.54) is 18.4 Å². The summed E-state index contributed by atoms with van der Waals surface area (Å²) in [6.07, 6.45) is 4.40. The number of methoxy groups -OCH3 is 1. The summed E-state index contributed by atoms with van der Waals surface area (Å²) in [6, 6.07) is 7.62. The Hall–Kier alpha value is -1.56. The minimum Gasteiger partial charge on any atom is -0.493 e. The molecule has 0 saturated heterocycles. The van der Waals surface area contributed by atoms with Crippen molar-refractivity contribution in [3.63, 3.8) is 0 Å². The fourth-order valence-corrected chi connectivity index (χ4v) is 4.32. The van der Waals surface area contributed by atoms with Crippen molar-refractivity contribution < 1.29 is 24.6 Å². The molecule has 150 valence electrons. The van der Waals surface area contributed by atoms with E-state index in [0.717, 1.165) is 24.0 Å². The summed E-state index contributed by atoms with van der Waals surface area (Å²) in [6.45, 7) is 7.75. The molecule has 4 rings (SSSR count). The number of aliphatic hydroxyl groups excluding tert-OH is 1. The third kappa shape index (κ3) is 4.84. The van der Waals surface area contributed by atoms with Crippen LogP contribution in [0.5, 0.6) is 11.5 Å². The van der Waals surface area contributed by atoms with Gasteiger partial charge in [0.2, 0.25) is 0 Å². The van der Waals surface area contributed by atoms with Crippen molar-refractivity contribution in [2.45, 2.75) is 32.8 Å². The SMILES string of the molecule is COc1ccccc1OCC[NH2+]C[C@@H](O)COCC1=CC[C@@H]2C[C@H]1C2(C)C. The van der Waals surface area contributed by atoms with Gasteiger partial charge < -0.3 is 24.6 Å². The first-order valence-corrected chi connectivity index (χ1v) is 10.0. The van der Waals surface area contributed by atoms with Gasteiger partial charge in [-0.3, -0.25) is 0 Å². The van der Waals surface area contributed by atoms with Gasteiger partial charge >= 0.3 is 0 Å². The highest BCUT2D eigenvalue weighted by Crippen LogP contribution is 2.59. The summed E-state index contributed by atoms with van der Waals surface area (Å²) in [4.78, 5) is 0. The molecular weight excluding hydrogens is 342 g/mol. The number of hydrogen-bond acceptors (Lipinski definition) is 4. The molecule has 0 spiro atoms. The van der Waals surface area contributed by atoms with Crippen molar-refractivity contribution in [1.82, 2.24) is 0 Å². The summed E-state index contributed by atoms with van der Waals surface area (Å²) in [7, 11) is 1.64. The number of nitrogens with two attached hydrogens (primary N) is 1. The van der Waals surface area contributed by atoms with Crippen LogP contribution in [-0.4, -0.2) is 51.2 Å². The van der Waals surface area contributed by atoms with Crippen molar-refractivity contribution in [3.05, 3.63) is 35.9 Å². The molecule has 3 aliphatic rings. The molecule has 1 aromatic carbocycles. The van der Waals surface area contributed by atoms with Crippen molar-refractivity contribution in [2.24, 2.45) is 17.3 Å². The monoisotopic (exact) mass is 376 g/mol. The number of ether oxygens (including phenoxy) is 3. The number of para-hydroxylation sites is 2. The summed E-state index contributed by atoms with van der Waals surface area (Å²) < 4.78 is 16.8. The molecule has 1 aromatic rings. The van der Waals surface area contributed by atoms with E-state index in [2.05, 4.69) is 25.2 Å². The van der Waals surface area contributed by atoms with Gasteiger partial charge in [-0.25, -0.2) is 0 Å². The number of quaternary nitrogens is 1. The van der Waals surface area contributed by atoms with Gasteiger partial charge in [-0.05, 0) is 47.8 Å². The molecule has 5 heteroatoms. The third-order valence-corrected chi connectivity index (χ3v) is 6.25. The molecule has 1 saturated carbocycles.